The van der Waals surface area contributed by atoms with E-state index in [2.05, 4.69) is 5.32 Å². The van der Waals surface area contributed by atoms with Crippen molar-refractivity contribution in [2.45, 2.75) is 6.92 Å². The molecule has 7 nitrogen and oxygen atoms in total. The smallest absolute Gasteiger partial charge is 0.259 e. The fraction of sp³-hybridized carbons (Fsp3) is 0.0800. The molecule has 0 atom stereocenters. The summed E-state index contributed by atoms with van der Waals surface area (Å²) in [4.78, 5) is 24.8. The van der Waals surface area contributed by atoms with E-state index in [4.69, 9.17) is 15.6 Å². The van der Waals surface area contributed by atoms with E-state index in [-0.39, 0.29) is 5.91 Å². The van der Waals surface area contributed by atoms with Crippen LogP contribution >= 0.6 is 0 Å². The third-order valence-electron chi connectivity index (χ3n) is 5.09. The second-order valence-electron chi connectivity index (χ2n) is 7.22. The van der Waals surface area contributed by atoms with Gasteiger partial charge in [0.25, 0.3) is 5.91 Å². The summed E-state index contributed by atoms with van der Waals surface area (Å²) in [6.45, 7) is 1.77. The van der Waals surface area contributed by atoms with E-state index >= 15 is 0 Å². The highest BCUT2D eigenvalue weighted by Crippen LogP contribution is 2.32. The van der Waals surface area contributed by atoms with E-state index in [1.807, 2.05) is 54.6 Å². The van der Waals surface area contributed by atoms with Gasteiger partial charge in [0.2, 0.25) is 5.91 Å². The normalized spacial score (nSPS) is 10.6. The van der Waals surface area contributed by atoms with Crippen LogP contribution in [0.25, 0.3) is 16.9 Å². The topological polar surface area (TPSA) is 99.2 Å². The van der Waals surface area contributed by atoms with Crippen molar-refractivity contribution in [3.63, 3.8) is 0 Å². The number of hydrogen-bond donors (Lipinski definition) is 2. The Morgan fingerprint density at radius 1 is 0.969 bits per heavy atom. The highest BCUT2D eigenvalue weighted by Gasteiger charge is 2.21. The van der Waals surface area contributed by atoms with Gasteiger partial charge in [-0.25, -0.2) is 4.68 Å². The number of nitrogens with zero attached hydrogens (tertiary/aromatic N) is 2. The minimum Gasteiger partial charge on any atom is -0.496 e. The van der Waals surface area contributed by atoms with Crippen molar-refractivity contribution >= 4 is 17.5 Å². The first-order valence-corrected chi connectivity index (χ1v) is 9.98. The van der Waals surface area contributed by atoms with E-state index in [1.165, 1.54) is 0 Å². The van der Waals surface area contributed by atoms with Crippen LogP contribution in [0.2, 0.25) is 0 Å². The Hall–Kier alpha value is -4.39. The van der Waals surface area contributed by atoms with Crippen LogP contribution < -0.4 is 15.8 Å². The third kappa shape index (κ3) is 4.09. The number of methoxy groups -OCH3 is 1. The Balaban J connectivity index is 1.77. The van der Waals surface area contributed by atoms with Crippen LogP contribution in [-0.4, -0.2) is 28.7 Å². The molecule has 0 spiro atoms. The van der Waals surface area contributed by atoms with Gasteiger partial charge in [0.05, 0.1) is 18.4 Å². The summed E-state index contributed by atoms with van der Waals surface area (Å²) in [6, 6.07) is 21.9. The Morgan fingerprint density at radius 2 is 1.69 bits per heavy atom. The van der Waals surface area contributed by atoms with Gasteiger partial charge in [0, 0.05) is 23.0 Å². The molecule has 3 aromatic carbocycles. The van der Waals surface area contributed by atoms with Gasteiger partial charge >= 0.3 is 0 Å². The van der Waals surface area contributed by atoms with Gasteiger partial charge in [-0.05, 0) is 55.0 Å². The van der Waals surface area contributed by atoms with Crippen LogP contribution in [0.15, 0.2) is 79.0 Å². The SMILES string of the molecule is COc1ccccc1-c1nn(-c2ccccc2)cc1C(=O)Nc1ccc(C(N)=O)c(C)c1. The van der Waals surface area contributed by atoms with Crippen LogP contribution in [0, 0.1) is 6.92 Å². The minimum absolute atomic E-state index is 0.334. The fourth-order valence-corrected chi connectivity index (χ4v) is 3.51. The number of benzene rings is 3. The molecule has 4 aromatic rings. The Kier molecular flexibility index (Phi) is 5.72. The lowest BCUT2D eigenvalue weighted by atomic mass is 10.1. The Bertz CT molecular complexity index is 1300. The van der Waals surface area contributed by atoms with Crippen molar-refractivity contribution in [3.8, 4) is 22.7 Å². The van der Waals surface area contributed by atoms with E-state index in [1.54, 1.807) is 43.1 Å². The summed E-state index contributed by atoms with van der Waals surface area (Å²) in [5.74, 6) is -0.233. The molecule has 0 bridgehead atoms. The molecule has 32 heavy (non-hydrogen) atoms. The van der Waals surface area contributed by atoms with Gasteiger partial charge in [-0.3, -0.25) is 9.59 Å². The number of carbonyl (C=O) groups is 2. The van der Waals surface area contributed by atoms with Gasteiger partial charge < -0.3 is 15.8 Å². The number of rotatable bonds is 6. The zero-order chi connectivity index (χ0) is 22.7. The first-order chi connectivity index (χ1) is 15.5. The molecule has 0 aliphatic rings. The van der Waals surface area contributed by atoms with Crippen molar-refractivity contribution < 1.29 is 14.3 Å². The molecule has 4 rings (SSSR count). The maximum Gasteiger partial charge on any atom is 0.259 e. The molecule has 0 saturated carbocycles. The van der Waals surface area contributed by atoms with Gasteiger partial charge in [-0.15, -0.1) is 0 Å². The molecule has 0 fully saturated rings. The van der Waals surface area contributed by atoms with Crippen LogP contribution in [0.4, 0.5) is 5.69 Å². The quantitative estimate of drug-likeness (QED) is 0.482. The fourth-order valence-electron chi connectivity index (χ4n) is 3.51. The predicted molar refractivity (Wildman–Crippen MR) is 123 cm³/mol. The van der Waals surface area contributed by atoms with Gasteiger partial charge in [0.15, 0.2) is 0 Å². The number of ether oxygens (including phenoxy) is 1. The zero-order valence-electron chi connectivity index (χ0n) is 17.7. The maximum atomic E-state index is 13.3. The maximum absolute atomic E-state index is 13.3. The third-order valence-corrected chi connectivity index (χ3v) is 5.09. The average molecular weight is 426 g/mol. The van der Waals surface area contributed by atoms with Crippen molar-refractivity contribution in [2.24, 2.45) is 5.73 Å². The van der Waals surface area contributed by atoms with Crippen molar-refractivity contribution in [1.82, 2.24) is 9.78 Å². The van der Waals surface area contributed by atoms with Gasteiger partial charge in [-0.1, -0.05) is 30.3 Å². The molecule has 1 heterocycles. The van der Waals surface area contributed by atoms with Crippen LogP contribution in [0.3, 0.4) is 0 Å². The summed E-state index contributed by atoms with van der Waals surface area (Å²) in [5, 5.41) is 7.58. The van der Waals surface area contributed by atoms with E-state index in [9.17, 15) is 9.59 Å². The number of aryl methyl sites for hydroxylation is 1. The number of carbonyl (C=O) groups excluding carboxylic acids is 2. The number of amides is 2. The number of hydrogen-bond acceptors (Lipinski definition) is 4. The summed E-state index contributed by atoms with van der Waals surface area (Å²) < 4.78 is 7.16. The molecule has 7 heteroatoms. The molecule has 0 aliphatic carbocycles. The predicted octanol–water partition coefficient (Wildman–Crippen LogP) is 4.21. The van der Waals surface area contributed by atoms with Crippen LogP contribution in [0.1, 0.15) is 26.3 Å². The number of primary amides is 1. The van der Waals surface area contributed by atoms with Crippen LogP contribution in [0.5, 0.6) is 5.75 Å². The van der Waals surface area contributed by atoms with E-state index in [0.717, 1.165) is 5.69 Å². The second kappa shape index (κ2) is 8.77. The number of anilines is 1. The lowest BCUT2D eigenvalue weighted by Crippen LogP contribution is -2.15. The number of para-hydroxylation sites is 2. The van der Waals surface area contributed by atoms with Crippen LogP contribution in [-0.2, 0) is 0 Å². The number of nitrogens with one attached hydrogen (secondary N) is 1. The summed E-state index contributed by atoms with van der Waals surface area (Å²) in [6.07, 6.45) is 1.69. The van der Waals surface area contributed by atoms with Crippen molar-refractivity contribution in [2.75, 3.05) is 12.4 Å². The molecule has 2 amide bonds. The van der Waals surface area contributed by atoms with Gasteiger partial charge in [0.1, 0.15) is 11.4 Å². The first kappa shape index (κ1) is 20.9. The monoisotopic (exact) mass is 426 g/mol. The van der Waals surface area contributed by atoms with Gasteiger partial charge in [-0.2, -0.15) is 5.10 Å². The lowest BCUT2D eigenvalue weighted by Gasteiger charge is -2.10. The zero-order valence-corrected chi connectivity index (χ0v) is 17.7. The number of aromatic nitrogens is 2. The average Bonchev–Trinajstić information content (AvgIpc) is 3.25. The molecule has 160 valence electrons. The number of nitrogens with two attached hydrogens (primary N) is 1. The van der Waals surface area contributed by atoms with Crippen molar-refractivity contribution in [1.29, 1.82) is 0 Å². The molecule has 0 unspecified atom stereocenters. The highest BCUT2D eigenvalue weighted by atomic mass is 16.5. The standard InChI is InChI=1S/C25H22N4O3/c1-16-14-17(12-13-19(16)24(26)30)27-25(31)21-15-29(18-8-4-3-5-9-18)28-23(21)20-10-6-7-11-22(20)32-2/h3-15H,1-2H3,(H2,26,30)(H,27,31). The molecule has 3 N–H and O–H groups in total. The Labute approximate surface area is 185 Å². The summed E-state index contributed by atoms with van der Waals surface area (Å²) in [5.41, 5.74) is 9.43. The van der Waals surface area contributed by atoms with E-state index in [0.29, 0.717) is 39.4 Å². The first-order valence-electron chi connectivity index (χ1n) is 9.98. The van der Waals surface area contributed by atoms with E-state index < -0.39 is 5.91 Å². The summed E-state index contributed by atoms with van der Waals surface area (Å²) in [7, 11) is 1.58. The molecule has 1 aromatic heterocycles. The molecule has 0 saturated heterocycles. The molecule has 0 aliphatic heterocycles. The minimum atomic E-state index is -0.511. The summed E-state index contributed by atoms with van der Waals surface area (Å²) >= 11 is 0. The molecular weight excluding hydrogens is 404 g/mol. The van der Waals surface area contributed by atoms with Crippen molar-refractivity contribution in [3.05, 3.63) is 95.7 Å². The largest absolute Gasteiger partial charge is 0.496 e. The highest BCUT2D eigenvalue weighted by molar-refractivity contribution is 6.08. The molecular formula is C25H22N4O3. The molecule has 0 radical (unpaired) electrons. The Morgan fingerprint density at radius 3 is 2.38 bits per heavy atom. The second-order valence-corrected chi connectivity index (χ2v) is 7.22. The lowest BCUT2D eigenvalue weighted by molar-refractivity contribution is 0.0997.